The molecule has 0 spiro atoms. The van der Waals surface area contributed by atoms with Crippen molar-refractivity contribution in [2.24, 2.45) is 5.92 Å². The van der Waals surface area contributed by atoms with Crippen molar-refractivity contribution < 1.29 is 8.42 Å². The summed E-state index contributed by atoms with van der Waals surface area (Å²) in [6, 6.07) is 0. The molecule has 0 radical (unpaired) electrons. The van der Waals surface area contributed by atoms with Gasteiger partial charge in [-0.05, 0) is 19.4 Å². The minimum absolute atomic E-state index is 0.164. The summed E-state index contributed by atoms with van der Waals surface area (Å²) < 4.78 is 26.9. The summed E-state index contributed by atoms with van der Waals surface area (Å²) in [4.78, 5) is 0. The lowest BCUT2D eigenvalue weighted by molar-refractivity contribution is 0.517. The normalized spacial score (nSPS) is 12.2. The van der Waals surface area contributed by atoms with Gasteiger partial charge in [0.05, 0.1) is 6.20 Å². The maximum atomic E-state index is 12.2. The van der Waals surface area contributed by atoms with E-state index in [-0.39, 0.29) is 5.03 Å². The Morgan fingerprint density at radius 2 is 1.95 bits per heavy atom. The number of rotatable bonds is 11. The average molecular weight is 316 g/mol. The Hall–Kier alpha value is -0.920. The molecule has 0 fully saturated rings. The maximum absolute atomic E-state index is 12.2. The number of aromatic amines is 1. The summed E-state index contributed by atoms with van der Waals surface area (Å²) in [5, 5.41) is 9.47. The highest BCUT2D eigenvalue weighted by atomic mass is 32.2. The fourth-order valence-corrected chi connectivity index (χ4v) is 3.36. The Kier molecular flexibility index (Phi) is 7.92. The van der Waals surface area contributed by atoms with Crippen molar-refractivity contribution in [1.82, 2.24) is 20.2 Å². The van der Waals surface area contributed by atoms with E-state index in [1.165, 1.54) is 19.0 Å². The first kappa shape index (κ1) is 18.1. The van der Waals surface area contributed by atoms with Gasteiger partial charge in [-0.25, -0.2) is 13.1 Å². The van der Waals surface area contributed by atoms with Gasteiger partial charge in [0, 0.05) is 18.7 Å². The Labute approximate surface area is 128 Å². The fourth-order valence-electron chi connectivity index (χ4n) is 2.16. The van der Waals surface area contributed by atoms with Crippen molar-refractivity contribution in [2.45, 2.75) is 57.5 Å². The second-order valence-electron chi connectivity index (χ2n) is 5.75. The largest absolute Gasteiger partial charge is 0.316 e. The molecule has 1 rings (SSSR count). The van der Waals surface area contributed by atoms with E-state index in [0.717, 1.165) is 25.2 Å². The number of nitrogens with one attached hydrogen (secondary N) is 3. The number of unbranched alkanes of at least 4 members (excludes halogenated alkanes) is 3. The smallest absolute Gasteiger partial charge is 0.257 e. The van der Waals surface area contributed by atoms with Gasteiger partial charge in [0.25, 0.3) is 10.0 Å². The second kappa shape index (κ2) is 9.17. The van der Waals surface area contributed by atoms with Gasteiger partial charge >= 0.3 is 0 Å². The van der Waals surface area contributed by atoms with Crippen LogP contribution in [0.3, 0.4) is 0 Å². The lowest BCUT2D eigenvalue weighted by atomic mass is 10.0. The van der Waals surface area contributed by atoms with Crippen LogP contribution in [0.25, 0.3) is 0 Å². The van der Waals surface area contributed by atoms with E-state index >= 15 is 0 Å². The lowest BCUT2D eigenvalue weighted by Crippen LogP contribution is -2.26. The molecule has 0 aliphatic heterocycles. The predicted octanol–water partition coefficient (Wildman–Crippen LogP) is 2.01. The monoisotopic (exact) mass is 316 g/mol. The number of H-pyrrole nitrogens is 1. The molecule has 1 aromatic heterocycles. The van der Waals surface area contributed by atoms with Crippen molar-refractivity contribution in [2.75, 3.05) is 13.6 Å². The van der Waals surface area contributed by atoms with Crippen LogP contribution in [0, 0.1) is 5.92 Å². The highest BCUT2D eigenvalue weighted by Crippen LogP contribution is 2.12. The lowest BCUT2D eigenvalue weighted by Gasteiger charge is -2.07. The molecule has 0 saturated carbocycles. The molecule has 0 saturated heterocycles. The zero-order valence-corrected chi connectivity index (χ0v) is 14.1. The molecular formula is C14H28N4O2S. The standard InChI is InChI=1S/C14H28N4O2S/c1-12(2)8-6-4-5-7-9-17-21(19,20)14-13(10-15-3)11-16-18-14/h11-12,15,17H,4-10H2,1-3H3,(H,16,18). The third kappa shape index (κ3) is 6.58. The molecule has 0 amide bonds. The number of sulfonamides is 1. The summed E-state index contributed by atoms with van der Waals surface area (Å²) in [5.41, 5.74) is 0.655. The topological polar surface area (TPSA) is 86.9 Å². The van der Waals surface area contributed by atoms with Crippen LogP contribution in [0.5, 0.6) is 0 Å². The molecule has 3 N–H and O–H groups in total. The van der Waals surface area contributed by atoms with E-state index < -0.39 is 10.0 Å². The average Bonchev–Trinajstić information content (AvgIpc) is 2.87. The third-order valence-corrected chi connectivity index (χ3v) is 4.79. The van der Waals surface area contributed by atoms with Gasteiger partial charge < -0.3 is 5.32 Å². The first-order chi connectivity index (χ1) is 9.97. The first-order valence-corrected chi connectivity index (χ1v) is 9.12. The van der Waals surface area contributed by atoms with Gasteiger partial charge in [-0.3, -0.25) is 5.10 Å². The number of aromatic nitrogens is 2. The van der Waals surface area contributed by atoms with Crippen molar-refractivity contribution in [3.05, 3.63) is 11.8 Å². The first-order valence-electron chi connectivity index (χ1n) is 7.64. The number of hydrogen-bond acceptors (Lipinski definition) is 4. The van der Waals surface area contributed by atoms with E-state index in [1.54, 1.807) is 7.05 Å². The van der Waals surface area contributed by atoms with Gasteiger partial charge in [-0.2, -0.15) is 5.10 Å². The van der Waals surface area contributed by atoms with Crippen LogP contribution in [0.2, 0.25) is 0 Å². The minimum atomic E-state index is -3.48. The van der Waals surface area contributed by atoms with Crippen LogP contribution in [-0.2, 0) is 16.6 Å². The van der Waals surface area contributed by atoms with Crippen LogP contribution in [0.1, 0.15) is 51.5 Å². The van der Waals surface area contributed by atoms with Crippen molar-refractivity contribution >= 4 is 10.0 Å². The molecule has 6 nitrogen and oxygen atoms in total. The van der Waals surface area contributed by atoms with E-state index in [2.05, 4.69) is 34.1 Å². The molecule has 21 heavy (non-hydrogen) atoms. The van der Waals surface area contributed by atoms with Gasteiger partial charge in [-0.15, -0.1) is 0 Å². The summed E-state index contributed by atoms with van der Waals surface area (Å²) in [5.74, 6) is 0.745. The van der Waals surface area contributed by atoms with Crippen molar-refractivity contribution in [3.8, 4) is 0 Å². The molecule has 0 bridgehead atoms. The van der Waals surface area contributed by atoms with Gasteiger partial charge in [-0.1, -0.05) is 39.5 Å². The molecule has 1 heterocycles. The summed E-state index contributed by atoms with van der Waals surface area (Å²) in [7, 11) is -1.71. The van der Waals surface area contributed by atoms with Gasteiger partial charge in [0.1, 0.15) is 0 Å². The number of hydrogen-bond donors (Lipinski definition) is 3. The zero-order chi connectivity index (χ0) is 15.7. The van der Waals surface area contributed by atoms with E-state index in [4.69, 9.17) is 0 Å². The minimum Gasteiger partial charge on any atom is -0.316 e. The molecule has 0 aromatic carbocycles. The fraction of sp³-hybridized carbons (Fsp3) is 0.786. The third-order valence-electron chi connectivity index (χ3n) is 3.31. The summed E-state index contributed by atoms with van der Waals surface area (Å²) in [6.07, 6.45) is 7.09. The van der Waals surface area contributed by atoms with Crippen LogP contribution < -0.4 is 10.0 Å². The Morgan fingerprint density at radius 1 is 1.24 bits per heavy atom. The predicted molar refractivity (Wildman–Crippen MR) is 84.5 cm³/mol. The second-order valence-corrected chi connectivity index (χ2v) is 7.45. The van der Waals surface area contributed by atoms with Crippen LogP contribution in [-0.4, -0.2) is 32.2 Å². The molecule has 1 aromatic rings. The SMILES string of the molecule is CNCc1cn[nH]c1S(=O)(=O)NCCCCCCC(C)C. The Bertz CT molecular complexity index is 497. The maximum Gasteiger partial charge on any atom is 0.257 e. The summed E-state index contributed by atoms with van der Waals surface area (Å²) >= 11 is 0. The molecule has 0 atom stereocenters. The van der Waals surface area contributed by atoms with E-state index in [9.17, 15) is 8.42 Å². The highest BCUT2D eigenvalue weighted by Gasteiger charge is 2.19. The molecule has 0 aliphatic carbocycles. The summed E-state index contributed by atoms with van der Waals surface area (Å²) in [6.45, 7) is 5.40. The van der Waals surface area contributed by atoms with Crippen molar-refractivity contribution in [3.63, 3.8) is 0 Å². The highest BCUT2D eigenvalue weighted by molar-refractivity contribution is 7.89. The molecule has 122 valence electrons. The molecular weight excluding hydrogens is 288 g/mol. The Balaban J connectivity index is 2.31. The van der Waals surface area contributed by atoms with Gasteiger partial charge in [0.15, 0.2) is 5.03 Å². The molecule has 7 heteroatoms. The zero-order valence-electron chi connectivity index (χ0n) is 13.3. The Morgan fingerprint density at radius 3 is 2.62 bits per heavy atom. The van der Waals surface area contributed by atoms with Gasteiger partial charge in [0.2, 0.25) is 0 Å². The molecule has 0 aliphatic rings. The van der Waals surface area contributed by atoms with Crippen LogP contribution in [0.4, 0.5) is 0 Å². The van der Waals surface area contributed by atoms with E-state index in [1.807, 2.05) is 0 Å². The van der Waals surface area contributed by atoms with Crippen LogP contribution in [0.15, 0.2) is 11.2 Å². The molecule has 0 unspecified atom stereocenters. The van der Waals surface area contributed by atoms with Crippen molar-refractivity contribution in [1.29, 1.82) is 0 Å². The van der Waals surface area contributed by atoms with E-state index in [0.29, 0.717) is 18.7 Å². The quantitative estimate of drug-likeness (QED) is 0.545. The van der Waals surface area contributed by atoms with Crippen LogP contribution >= 0.6 is 0 Å². The number of nitrogens with zero attached hydrogens (tertiary/aromatic N) is 1.